The van der Waals surface area contributed by atoms with Gasteiger partial charge in [-0.2, -0.15) is 0 Å². The molecule has 45 heavy (non-hydrogen) atoms. The number of hydrogen-bond donors (Lipinski definition) is 3. The molecule has 4 rings (SSSR count). The van der Waals surface area contributed by atoms with Gasteiger partial charge in [0, 0.05) is 56.7 Å². The van der Waals surface area contributed by atoms with Crippen LogP contribution in [0, 0.1) is 5.92 Å². The molecule has 0 spiro atoms. The van der Waals surface area contributed by atoms with Crippen LogP contribution in [-0.2, 0) is 25.4 Å². The highest BCUT2D eigenvalue weighted by Gasteiger charge is 2.28. The maximum absolute atomic E-state index is 13.5. The van der Waals surface area contributed by atoms with Crippen LogP contribution in [0.25, 0.3) is 0 Å². The van der Waals surface area contributed by atoms with Crippen molar-refractivity contribution in [2.75, 3.05) is 43.1 Å². The molecule has 10 heteroatoms. The fourth-order valence-corrected chi connectivity index (χ4v) is 5.65. The van der Waals surface area contributed by atoms with E-state index in [0.717, 1.165) is 63.4 Å². The van der Waals surface area contributed by atoms with Crippen molar-refractivity contribution < 1.29 is 28.6 Å². The number of amides is 2. The average molecular weight is 623 g/mol. The van der Waals surface area contributed by atoms with Crippen LogP contribution in [-0.4, -0.2) is 74.1 Å². The maximum atomic E-state index is 13.5. The highest BCUT2D eigenvalue weighted by Crippen LogP contribution is 2.27. The largest absolute Gasteiger partial charge is 0.456 e. The fraction of sp³-hybridized carbons (Fsp3) is 0.571. The summed E-state index contributed by atoms with van der Waals surface area (Å²) in [6.45, 7) is 15.3. The van der Waals surface area contributed by atoms with Gasteiger partial charge in [0.25, 0.3) is 0 Å². The van der Waals surface area contributed by atoms with Crippen molar-refractivity contribution in [3.8, 4) is 0 Å². The van der Waals surface area contributed by atoms with Crippen molar-refractivity contribution in [1.29, 1.82) is 0 Å². The molecule has 0 saturated carbocycles. The molecule has 0 aliphatic carbocycles. The van der Waals surface area contributed by atoms with Crippen LogP contribution in [0.5, 0.6) is 0 Å². The molecular weight excluding hydrogens is 572 g/mol. The monoisotopic (exact) mass is 622 g/mol. The van der Waals surface area contributed by atoms with E-state index in [1.54, 1.807) is 65.8 Å². The first-order valence-electron chi connectivity index (χ1n) is 16.0. The minimum Gasteiger partial charge on any atom is -0.456 e. The van der Waals surface area contributed by atoms with Gasteiger partial charge < -0.3 is 35.1 Å². The maximum Gasteiger partial charge on any atom is 0.408 e. The van der Waals surface area contributed by atoms with Gasteiger partial charge in [0.15, 0.2) is 0 Å². The molecule has 2 aromatic rings. The number of rotatable bonds is 9. The number of anilines is 2. The topological polar surface area (TPSA) is 118 Å². The number of esters is 1. The van der Waals surface area contributed by atoms with Crippen molar-refractivity contribution in [2.45, 2.75) is 90.5 Å². The lowest BCUT2D eigenvalue weighted by atomic mass is 9.91. The Morgan fingerprint density at radius 2 is 1.58 bits per heavy atom. The van der Waals surface area contributed by atoms with E-state index in [-0.39, 0.29) is 6.42 Å². The lowest BCUT2D eigenvalue weighted by Crippen LogP contribution is -2.52. The van der Waals surface area contributed by atoms with Gasteiger partial charge in [-0.3, -0.25) is 4.79 Å². The van der Waals surface area contributed by atoms with E-state index < -0.39 is 35.2 Å². The molecule has 2 fully saturated rings. The lowest BCUT2D eigenvalue weighted by Gasteiger charge is -2.40. The smallest absolute Gasteiger partial charge is 0.408 e. The minimum atomic E-state index is -0.892. The van der Waals surface area contributed by atoms with Crippen LogP contribution in [0.4, 0.5) is 16.2 Å². The summed E-state index contributed by atoms with van der Waals surface area (Å²) in [4.78, 5) is 41.1. The number of alkyl carbamates (subject to hydrolysis) is 1. The van der Waals surface area contributed by atoms with E-state index in [0.29, 0.717) is 23.2 Å². The molecule has 10 nitrogen and oxygen atoms in total. The standard InChI is InChI=1S/C35H50N4O6/c1-34(2,3)44-32(41)26-9-11-27(12-10-26)37-31(40)30(38-33(42)45-35(4,5)6)22-24-7-13-28(14-8-24)39-18-17-36-23-29(39)21-25-15-19-43-20-16-25/h7-14,25,29-30,36H,15-23H2,1-6H3,(H,37,40)(H,38,42)/t29?,30-/m0/s1. The number of nitrogens with one attached hydrogen (secondary N) is 3. The molecule has 3 N–H and O–H groups in total. The summed E-state index contributed by atoms with van der Waals surface area (Å²) in [6.07, 6.45) is 2.97. The van der Waals surface area contributed by atoms with E-state index in [2.05, 4.69) is 33.0 Å². The molecule has 2 amide bonds. The minimum absolute atomic E-state index is 0.272. The summed E-state index contributed by atoms with van der Waals surface area (Å²) in [7, 11) is 0. The second-order valence-electron chi connectivity index (χ2n) is 14.0. The Morgan fingerprint density at radius 1 is 0.933 bits per heavy atom. The molecule has 0 radical (unpaired) electrons. The number of nitrogens with zero attached hydrogens (tertiary/aromatic N) is 1. The SMILES string of the molecule is CC(C)(C)OC(=O)N[C@@H](Cc1ccc(N2CCNCC2CC2CCOCC2)cc1)C(=O)Nc1ccc(C(=O)OC(C)(C)C)cc1. The first kappa shape index (κ1) is 34.2. The Hall–Kier alpha value is -3.63. The molecule has 2 aliphatic heterocycles. The molecule has 2 aromatic carbocycles. The number of hydrogen-bond acceptors (Lipinski definition) is 8. The van der Waals surface area contributed by atoms with Crippen molar-refractivity contribution in [3.63, 3.8) is 0 Å². The average Bonchev–Trinajstić information content (AvgIpc) is 2.96. The Balaban J connectivity index is 1.44. The van der Waals surface area contributed by atoms with Crippen LogP contribution in [0.1, 0.15) is 76.7 Å². The van der Waals surface area contributed by atoms with E-state index in [1.807, 2.05) is 12.1 Å². The number of benzene rings is 2. The Labute approximate surface area is 267 Å². The van der Waals surface area contributed by atoms with Crippen LogP contribution in [0.15, 0.2) is 48.5 Å². The summed E-state index contributed by atoms with van der Waals surface area (Å²) < 4.78 is 16.4. The van der Waals surface area contributed by atoms with Crippen molar-refractivity contribution in [1.82, 2.24) is 10.6 Å². The van der Waals surface area contributed by atoms with Gasteiger partial charge in [-0.15, -0.1) is 0 Å². The van der Waals surface area contributed by atoms with Crippen LogP contribution in [0.2, 0.25) is 0 Å². The Bertz CT molecular complexity index is 1280. The van der Waals surface area contributed by atoms with Crippen molar-refractivity contribution >= 4 is 29.3 Å². The van der Waals surface area contributed by atoms with E-state index in [1.165, 1.54) is 0 Å². The third-order valence-electron chi connectivity index (χ3n) is 7.80. The Kier molecular flexibility index (Phi) is 11.5. The van der Waals surface area contributed by atoms with Crippen LogP contribution < -0.4 is 20.9 Å². The normalized spacial score (nSPS) is 18.5. The molecule has 1 unspecified atom stereocenters. The highest BCUT2D eigenvalue weighted by atomic mass is 16.6. The molecule has 2 atom stereocenters. The second-order valence-corrected chi connectivity index (χ2v) is 14.0. The zero-order chi connectivity index (χ0) is 32.6. The molecule has 0 aromatic heterocycles. The quantitative estimate of drug-likeness (QED) is 0.322. The van der Waals surface area contributed by atoms with Crippen LogP contribution in [0.3, 0.4) is 0 Å². The zero-order valence-corrected chi connectivity index (χ0v) is 27.6. The highest BCUT2D eigenvalue weighted by molar-refractivity contribution is 5.97. The molecule has 2 saturated heterocycles. The lowest BCUT2D eigenvalue weighted by molar-refractivity contribution is -0.118. The predicted molar refractivity (Wildman–Crippen MR) is 176 cm³/mol. The second kappa shape index (κ2) is 15.1. The van der Waals surface area contributed by atoms with E-state index in [4.69, 9.17) is 14.2 Å². The van der Waals surface area contributed by atoms with Crippen molar-refractivity contribution in [2.24, 2.45) is 5.92 Å². The van der Waals surface area contributed by atoms with Crippen molar-refractivity contribution in [3.05, 3.63) is 59.7 Å². The third-order valence-corrected chi connectivity index (χ3v) is 7.80. The van der Waals surface area contributed by atoms with Gasteiger partial charge in [-0.1, -0.05) is 12.1 Å². The summed E-state index contributed by atoms with van der Waals surface area (Å²) in [5, 5.41) is 9.17. The van der Waals surface area contributed by atoms with Gasteiger partial charge in [-0.25, -0.2) is 9.59 Å². The molecular formula is C35H50N4O6. The summed E-state index contributed by atoms with van der Waals surface area (Å²) >= 11 is 0. The summed E-state index contributed by atoms with van der Waals surface area (Å²) in [6, 6.07) is 14.3. The van der Waals surface area contributed by atoms with E-state index in [9.17, 15) is 14.4 Å². The summed E-state index contributed by atoms with van der Waals surface area (Å²) in [5.74, 6) is -0.158. The molecule has 0 bridgehead atoms. The van der Waals surface area contributed by atoms with Gasteiger partial charge in [-0.05, 0) is 109 Å². The number of carbonyl (C=O) groups is 3. The molecule has 2 aliphatic rings. The molecule has 246 valence electrons. The third kappa shape index (κ3) is 11.0. The molecule has 2 heterocycles. The van der Waals surface area contributed by atoms with Crippen LogP contribution >= 0.6 is 0 Å². The van der Waals surface area contributed by atoms with Gasteiger partial charge in [0.2, 0.25) is 5.91 Å². The van der Waals surface area contributed by atoms with Gasteiger partial charge >= 0.3 is 12.1 Å². The number of ether oxygens (including phenoxy) is 3. The zero-order valence-electron chi connectivity index (χ0n) is 27.6. The van der Waals surface area contributed by atoms with Gasteiger partial charge in [0.05, 0.1) is 5.56 Å². The van der Waals surface area contributed by atoms with E-state index >= 15 is 0 Å². The number of carbonyl (C=O) groups excluding carboxylic acids is 3. The first-order valence-corrected chi connectivity index (χ1v) is 16.0. The predicted octanol–water partition coefficient (Wildman–Crippen LogP) is 5.31. The first-order chi connectivity index (χ1) is 21.3. The number of piperazine rings is 1. The summed E-state index contributed by atoms with van der Waals surface area (Å²) in [5.41, 5.74) is 1.61. The Morgan fingerprint density at radius 3 is 2.20 bits per heavy atom. The van der Waals surface area contributed by atoms with Gasteiger partial charge in [0.1, 0.15) is 17.2 Å². The fourth-order valence-electron chi connectivity index (χ4n) is 5.65.